The Labute approximate surface area is 35.5 Å². The second kappa shape index (κ2) is 2.62. The Morgan fingerprint density at radius 3 is 2.33 bits per heavy atom. The van der Waals surface area contributed by atoms with Crippen LogP contribution in [0.1, 0.15) is 0 Å². The van der Waals surface area contributed by atoms with E-state index in [9.17, 15) is 0 Å². The summed E-state index contributed by atoms with van der Waals surface area (Å²) < 4.78 is 0. The van der Waals surface area contributed by atoms with E-state index in [4.69, 9.17) is 11.1 Å². The highest BCUT2D eigenvalue weighted by atomic mass is 16.6. The molecule has 0 rings (SSSR count). The second-order valence-electron chi connectivity index (χ2n) is 0.836. The van der Waals surface area contributed by atoms with E-state index >= 15 is 0 Å². The fourth-order valence-electron chi connectivity index (χ4n) is 0.0898. The molecule has 0 saturated heterocycles. The average molecular weight is 89.1 g/mol. The van der Waals surface area contributed by atoms with Gasteiger partial charge in [0, 0.05) is 0 Å². The molecular weight excluding hydrogens is 82.0 g/mol. The largest absolute Gasteiger partial charge is 0.386 e. The molecule has 5 N–H and O–H groups in total. The summed E-state index contributed by atoms with van der Waals surface area (Å²) in [6.45, 7) is 0.0139. The summed E-state index contributed by atoms with van der Waals surface area (Å²) in [5.74, 6) is 4.45. The Hall–Kier alpha value is -0.610. The molecule has 0 atom stereocenters. The van der Waals surface area contributed by atoms with Gasteiger partial charge < -0.3 is 5.73 Å². The van der Waals surface area contributed by atoms with Gasteiger partial charge in [0.2, 0.25) is 0 Å². The first kappa shape index (κ1) is 5.39. The summed E-state index contributed by atoms with van der Waals surface area (Å²) >= 11 is 0. The van der Waals surface area contributed by atoms with Crippen LogP contribution in [-0.4, -0.2) is 12.4 Å². The summed E-state index contributed by atoms with van der Waals surface area (Å²) in [4.78, 5) is 3.95. The van der Waals surface area contributed by atoms with Crippen LogP contribution in [0.4, 0.5) is 0 Å². The molecule has 6 heavy (non-hydrogen) atoms. The smallest absolute Gasteiger partial charge is 0.124 e. The van der Waals surface area contributed by atoms with Crippen LogP contribution in [-0.2, 0) is 4.84 Å². The fourth-order valence-corrected chi connectivity index (χ4v) is 0.0898. The average Bonchev–Trinajstić information content (AvgIpc) is 1.35. The van der Waals surface area contributed by atoms with Gasteiger partial charge in [-0.15, -0.1) is 0 Å². The highest BCUT2D eigenvalue weighted by molar-refractivity contribution is 5.77. The lowest BCUT2D eigenvalue weighted by molar-refractivity contribution is 0.177. The summed E-state index contributed by atoms with van der Waals surface area (Å²) in [6.07, 6.45) is 0. The van der Waals surface area contributed by atoms with Crippen LogP contribution in [0.25, 0.3) is 0 Å². The van der Waals surface area contributed by atoms with Crippen LogP contribution in [0.5, 0.6) is 0 Å². The molecule has 0 heterocycles. The molecule has 0 saturated carbocycles. The molecule has 0 unspecified atom stereocenters. The monoisotopic (exact) mass is 89.1 g/mol. The van der Waals surface area contributed by atoms with Gasteiger partial charge >= 0.3 is 0 Å². The van der Waals surface area contributed by atoms with Crippen molar-refractivity contribution in [2.75, 3.05) is 6.61 Å². The molecule has 0 amide bonds. The quantitative estimate of drug-likeness (QED) is 0.226. The van der Waals surface area contributed by atoms with E-state index in [2.05, 4.69) is 10.7 Å². The molecule has 0 aromatic carbocycles. The first-order valence-electron chi connectivity index (χ1n) is 1.42. The highest BCUT2D eigenvalue weighted by Crippen LogP contribution is 1.54. The van der Waals surface area contributed by atoms with Gasteiger partial charge in [-0.1, -0.05) is 0 Å². The zero-order valence-corrected chi connectivity index (χ0v) is 3.27. The van der Waals surface area contributed by atoms with Crippen molar-refractivity contribution in [1.82, 2.24) is 0 Å². The Balaban J connectivity index is 2.83. The van der Waals surface area contributed by atoms with Crippen molar-refractivity contribution >= 4 is 5.84 Å². The van der Waals surface area contributed by atoms with Crippen molar-refractivity contribution < 1.29 is 4.84 Å². The van der Waals surface area contributed by atoms with Crippen molar-refractivity contribution in [3.8, 4) is 0 Å². The van der Waals surface area contributed by atoms with Gasteiger partial charge in [0.15, 0.2) is 0 Å². The SMILES string of the molecule is N=C(N)CON. The maximum Gasteiger partial charge on any atom is 0.124 e. The van der Waals surface area contributed by atoms with Crippen molar-refractivity contribution in [1.29, 1.82) is 5.41 Å². The zero-order chi connectivity index (χ0) is 4.99. The molecule has 0 fully saturated rings. The lowest BCUT2D eigenvalue weighted by Crippen LogP contribution is -2.19. The third-order valence-corrected chi connectivity index (χ3v) is 0.239. The van der Waals surface area contributed by atoms with E-state index in [1.165, 1.54) is 0 Å². The van der Waals surface area contributed by atoms with Gasteiger partial charge in [-0.3, -0.25) is 10.2 Å². The van der Waals surface area contributed by atoms with Gasteiger partial charge in [-0.2, -0.15) is 0 Å². The van der Waals surface area contributed by atoms with Crippen LogP contribution in [0.3, 0.4) is 0 Å². The maximum atomic E-state index is 6.47. The number of amidine groups is 1. The van der Waals surface area contributed by atoms with E-state index in [1.807, 2.05) is 0 Å². The lowest BCUT2D eigenvalue weighted by Gasteiger charge is -1.88. The Bertz CT molecular complexity index is 52.8. The summed E-state index contributed by atoms with van der Waals surface area (Å²) in [5.41, 5.74) is 4.78. The van der Waals surface area contributed by atoms with Crippen molar-refractivity contribution in [2.24, 2.45) is 11.6 Å². The van der Waals surface area contributed by atoms with Crippen molar-refractivity contribution in [3.63, 3.8) is 0 Å². The first-order chi connectivity index (χ1) is 2.77. The number of hydrogen-bond donors (Lipinski definition) is 3. The Kier molecular flexibility index (Phi) is 2.35. The van der Waals surface area contributed by atoms with Gasteiger partial charge in [0.05, 0.1) is 0 Å². The molecule has 0 aromatic heterocycles. The maximum absolute atomic E-state index is 6.47. The van der Waals surface area contributed by atoms with Crippen LogP contribution < -0.4 is 11.6 Å². The number of nitrogens with one attached hydrogen (secondary N) is 1. The minimum Gasteiger partial charge on any atom is -0.386 e. The predicted molar refractivity (Wildman–Crippen MR) is 22.1 cm³/mol. The third-order valence-electron chi connectivity index (χ3n) is 0.239. The van der Waals surface area contributed by atoms with Crippen molar-refractivity contribution in [3.05, 3.63) is 0 Å². The molecule has 0 aliphatic rings. The molecule has 0 aliphatic heterocycles. The van der Waals surface area contributed by atoms with Gasteiger partial charge in [-0.25, -0.2) is 5.90 Å². The Morgan fingerprint density at radius 1 is 1.83 bits per heavy atom. The minimum absolute atomic E-state index is 0.0139. The normalized spacial score (nSPS) is 8.17. The molecule has 0 bridgehead atoms. The van der Waals surface area contributed by atoms with Crippen LogP contribution in [0.15, 0.2) is 0 Å². The summed E-state index contributed by atoms with van der Waals surface area (Å²) in [7, 11) is 0. The van der Waals surface area contributed by atoms with E-state index in [1.54, 1.807) is 0 Å². The minimum atomic E-state index is -0.0579. The Morgan fingerprint density at radius 2 is 2.33 bits per heavy atom. The highest BCUT2D eigenvalue weighted by Gasteiger charge is 1.79. The predicted octanol–water partition coefficient (Wildman–Crippen LogP) is -1.19. The molecule has 0 spiro atoms. The van der Waals surface area contributed by atoms with Gasteiger partial charge in [-0.05, 0) is 0 Å². The first-order valence-corrected chi connectivity index (χ1v) is 1.42. The molecule has 4 heteroatoms. The van der Waals surface area contributed by atoms with Gasteiger partial charge in [0.1, 0.15) is 12.4 Å². The molecule has 4 nitrogen and oxygen atoms in total. The molecule has 0 aliphatic carbocycles. The van der Waals surface area contributed by atoms with E-state index in [-0.39, 0.29) is 12.4 Å². The number of rotatable bonds is 2. The fraction of sp³-hybridized carbons (Fsp3) is 0.500. The molecule has 36 valence electrons. The number of nitrogens with two attached hydrogens (primary N) is 2. The zero-order valence-electron chi connectivity index (χ0n) is 3.27. The summed E-state index contributed by atoms with van der Waals surface area (Å²) in [6, 6.07) is 0. The molecular formula is C2H7N3O. The van der Waals surface area contributed by atoms with Crippen LogP contribution >= 0.6 is 0 Å². The van der Waals surface area contributed by atoms with E-state index in [0.29, 0.717) is 0 Å². The van der Waals surface area contributed by atoms with Crippen LogP contribution in [0.2, 0.25) is 0 Å². The molecule has 0 aromatic rings. The number of hydrogen-bond acceptors (Lipinski definition) is 3. The van der Waals surface area contributed by atoms with Gasteiger partial charge in [0.25, 0.3) is 0 Å². The van der Waals surface area contributed by atoms with E-state index < -0.39 is 0 Å². The topological polar surface area (TPSA) is 85.1 Å². The molecule has 0 radical (unpaired) electrons. The third kappa shape index (κ3) is 3.39. The van der Waals surface area contributed by atoms with E-state index in [0.717, 1.165) is 0 Å². The van der Waals surface area contributed by atoms with Crippen molar-refractivity contribution in [2.45, 2.75) is 0 Å². The lowest BCUT2D eigenvalue weighted by atomic mass is 10.7. The summed E-state index contributed by atoms with van der Waals surface area (Å²) in [5, 5.41) is 6.47. The second-order valence-corrected chi connectivity index (χ2v) is 0.836. The van der Waals surface area contributed by atoms with Crippen LogP contribution in [0, 0.1) is 5.41 Å². The standard InChI is InChI=1S/C2H7N3O/c3-2(4)1-6-5/h1,5H2,(H3,3,4).